The molecule has 0 radical (unpaired) electrons. The molecule has 0 aliphatic carbocycles. The molecule has 2 heteroatoms. The van der Waals surface area contributed by atoms with Crippen molar-refractivity contribution < 1.29 is 0 Å². The second kappa shape index (κ2) is 3.62. The van der Waals surface area contributed by atoms with Crippen molar-refractivity contribution in [2.75, 3.05) is 0 Å². The molecule has 0 bridgehead atoms. The molecule has 13 heavy (non-hydrogen) atoms. The molecule has 1 aliphatic heterocycles. The minimum atomic E-state index is 0.539. The molecule has 0 fully saturated rings. The lowest BCUT2D eigenvalue weighted by atomic mass is 9.97. The van der Waals surface area contributed by atoms with Crippen molar-refractivity contribution in [2.45, 2.75) is 25.7 Å². The van der Waals surface area contributed by atoms with Gasteiger partial charge < -0.3 is 0 Å². The fraction of sp³-hybridized carbons (Fsp3) is 0.364. The van der Waals surface area contributed by atoms with Gasteiger partial charge in [-0.1, -0.05) is 29.3 Å². The van der Waals surface area contributed by atoms with Gasteiger partial charge in [-0.2, -0.15) is 0 Å². The van der Waals surface area contributed by atoms with E-state index < -0.39 is 0 Å². The lowest BCUT2D eigenvalue weighted by Crippen LogP contribution is -1.94. The van der Waals surface area contributed by atoms with Crippen molar-refractivity contribution in [3.8, 4) is 0 Å². The highest BCUT2D eigenvalue weighted by atomic mass is 79.9. The highest BCUT2D eigenvalue weighted by Crippen LogP contribution is 2.36. The van der Waals surface area contributed by atoms with E-state index >= 15 is 0 Å². The third kappa shape index (κ3) is 1.68. The Bertz CT molecular complexity index is 344. The van der Waals surface area contributed by atoms with Crippen LogP contribution in [0.2, 0.25) is 0 Å². The highest BCUT2D eigenvalue weighted by Gasteiger charge is 2.17. The second-order valence-electron chi connectivity index (χ2n) is 3.38. The van der Waals surface area contributed by atoms with Crippen molar-refractivity contribution in [1.82, 2.24) is 0 Å². The van der Waals surface area contributed by atoms with Gasteiger partial charge in [-0.05, 0) is 30.2 Å². The predicted octanol–water partition coefficient (Wildman–Crippen LogP) is 4.05. The van der Waals surface area contributed by atoms with Crippen LogP contribution in [0.5, 0.6) is 0 Å². The van der Waals surface area contributed by atoms with Crippen LogP contribution in [0.3, 0.4) is 0 Å². The van der Waals surface area contributed by atoms with E-state index in [9.17, 15) is 0 Å². The highest BCUT2D eigenvalue weighted by molar-refractivity contribution is 9.10. The van der Waals surface area contributed by atoms with Gasteiger partial charge in [-0.15, -0.1) is 0 Å². The van der Waals surface area contributed by atoms with Crippen LogP contribution in [-0.4, -0.2) is 6.21 Å². The van der Waals surface area contributed by atoms with Crippen LogP contribution in [0.1, 0.15) is 31.2 Å². The van der Waals surface area contributed by atoms with E-state index in [4.69, 9.17) is 0 Å². The summed E-state index contributed by atoms with van der Waals surface area (Å²) < 4.78 is 1.15. The number of hydrogen-bond acceptors (Lipinski definition) is 1. The van der Waals surface area contributed by atoms with E-state index in [1.54, 1.807) is 0 Å². The minimum Gasteiger partial charge on any atom is -0.260 e. The Hall–Kier alpha value is -0.630. The zero-order valence-corrected chi connectivity index (χ0v) is 9.21. The molecule has 2 rings (SSSR count). The Labute approximate surface area is 87.0 Å². The summed E-state index contributed by atoms with van der Waals surface area (Å²) in [5.74, 6) is 0.539. The molecule has 1 aliphatic rings. The lowest BCUT2D eigenvalue weighted by molar-refractivity contribution is 0.763. The summed E-state index contributed by atoms with van der Waals surface area (Å²) in [6.45, 7) is 2.21. The molecule has 0 saturated heterocycles. The predicted molar refractivity (Wildman–Crippen MR) is 59.9 cm³/mol. The van der Waals surface area contributed by atoms with Crippen LogP contribution in [0.25, 0.3) is 0 Å². The van der Waals surface area contributed by atoms with Crippen LogP contribution in [0, 0.1) is 0 Å². The molecule has 0 saturated carbocycles. The van der Waals surface area contributed by atoms with Gasteiger partial charge in [0.15, 0.2) is 0 Å². The quantitative estimate of drug-likeness (QED) is 0.737. The van der Waals surface area contributed by atoms with Crippen molar-refractivity contribution >= 4 is 27.8 Å². The zero-order chi connectivity index (χ0) is 9.26. The van der Waals surface area contributed by atoms with Gasteiger partial charge in [-0.25, -0.2) is 0 Å². The molecule has 1 aromatic rings. The van der Waals surface area contributed by atoms with E-state index in [0.717, 1.165) is 10.2 Å². The molecule has 1 aromatic carbocycles. The largest absolute Gasteiger partial charge is 0.260 e. The van der Waals surface area contributed by atoms with Crippen molar-refractivity contribution in [3.05, 3.63) is 28.2 Å². The van der Waals surface area contributed by atoms with E-state index in [1.165, 1.54) is 18.4 Å². The average molecular weight is 238 g/mol. The first-order valence-electron chi connectivity index (χ1n) is 4.65. The Balaban J connectivity index is 2.34. The number of nitrogens with zero attached hydrogens (tertiary/aromatic N) is 1. The Morgan fingerprint density at radius 3 is 3.08 bits per heavy atom. The fourth-order valence-corrected chi connectivity index (χ4v) is 2.11. The summed E-state index contributed by atoms with van der Waals surface area (Å²) in [4.78, 5) is 4.39. The number of hydrogen-bond donors (Lipinski definition) is 0. The molecule has 0 N–H and O–H groups in total. The van der Waals surface area contributed by atoms with E-state index in [-0.39, 0.29) is 0 Å². The first-order chi connectivity index (χ1) is 6.31. The average Bonchev–Trinajstić information content (AvgIpc) is 2.49. The Morgan fingerprint density at radius 2 is 2.31 bits per heavy atom. The summed E-state index contributed by atoms with van der Waals surface area (Å²) in [6.07, 6.45) is 4.48. The number of rotatable bonds is 2. The molecule has 1 nitrogen and oxygen atoms in total. The molecule has 0 aromatic heterocycles. The first kappa shape index (κ1) is 8.95. The first-order valence-corrected chi connectivity index (χ1v) is 5.44. The Kier molecular flexibility index (Phi) is 2.49. The smallest absolute Gasteiger partial charge is 0.0665 e. The standard InChI is InChI=1S/C11H12BrN/c1-2-3-8-7-13-11-5-4-9(12)6-10(8)11/h4-8H,2-3H2,1H3. The summed E-state index contributed by atoms with van der Waals surface area (Å²) in [5, 5.41) is 0. The fourth-order valence-electron chi connectivity index (χ4n) is 1.73. The molecule has 0 amide bonds. The normalized spacial score (nSPS) is 19.1. The van der Waals surface area contributed by atoms with Gasteiger partial charge in [0.05, 0.1) is 5.69 Å². The number of halogens is 1. The summed E-state index contributed by atoms with van der Waals surface area (Å²) in [6, 6.07) is 6.30. The number of fused-ring (bicyclic) bond motifs is 1. The molecule has 68 valence electrons. The van der Waals surface area contributed by atoms with Gasteiger partial charge in [0, 0.05) is 16.6 Å². The van der Waals surface area contributed by atoms with Gasteiger partial charge in [0.1, 0.15) is 0 Å². The summed E-state index contributed by atoms with van der Waals surface area (Å²) >= 11 is 3.49. The third-order valence-electron chi connectivity index (χ3n) is 2.38. The number of aliphatic imine (C=N–C) groups is 1. The van der Waals surface area contributed by atoms with Crippen LogP contribution in [-0.2, 0) is 0 Å². The van der Waals surface area contributed by atoms with Crippen molar-refractivity contribution in [3.63, 3.8) is 0 Å². The monoisotopic (exact) mass is 237 g/mol. The van der Waals surface area contributed by atoms with Gasteiger partial charge >= 0.3 is 0 Å². The van der Waals surface area contributed by atoms with Crippen LogP contribution >= 0.6 is 15.9 Å². The third-order valence-corrected chi connectivity index (χ3v) is 2.88. The minimum absolute atomic E-state index is 0.539. The molecule has 1 unspecified atom stereocenters. The van der Waals surface area contributed by atoms with Crippen LogP contribution in [0.15, 0.2) is 27.7 Å². The second-order valence-corrected chi connectivity index (χ2v) is 4.29. The SMILES string of the molecule is CCCC1C=Nc2ccc(Br)cc21. The van der Waals surface area contributed by atoms with E-state index in [2.05, 4.69) is 46.2 Å². The molecule has 1 heterocycles. The van der Waals surface area contributed by atoms with Crippen LogP contribution < -0.4 is 0 Å². The zero-order valence-electron chi connectivity index (χ0n) is 7.63. The maximum absolute atomic E-state index is 4.39. The van der Waals surface area contributed by atoms with Gasteiger partial charge in [0.25, 0.3) is 0 Å². The maximum atomic E-state index is 4.39. The maximum Gasteiger partial charge on any atom is 0.0665 e. The molecule has 1 atom stereocenters. The van der Waals surface area contributed by atoms with Gasteiger partial charge in [-0.3, -0.25) is 4.99 Å². The molecular weight excluding hydrogens is 226 g/mol. The van der Waals surface area contributed by atoms with E-state index in [0.29, 0.717) is 5.92 Å². The van der Waals surface area contributed by atoms with Crippen molar-refractivity contribution in [2.24, 2.45) is 4.99 Å². The topological polar surface area (TPSA) is 12.4 Å². The van der Waals surface area contributed by atoms with Gasteiger partial charge in [0.2, 0.25) is 0 Å². The summed E-state index contributed by atoms with van der Waals surface area (Å²) in [5.41, 5.74) is 2.51. The van der Waals surface area contributed by atoms with E-state index in [1.807, 2.05) is 6.07 Å². The number of benzene rings is 1. The summed E-state index contributed by atoms with van der Waals surface area (Å²) in [7, 11) is 0. The van der Waals surface area contributed by atoms with Crippen molar-refractivity contribution in [1.29, 1.82) is 0 Å². The lowest BCUT2D eigenvalue weighted by Gasteiger charge is -2.07. The Morgan fingerprint density at radius 1 is 1.46 bits per heavy atom. The molecular formula is C11H12BrN. The molecule has 0 spiro atoms. The van der Waals surface area contributed by atoms with Crippen LogP contribution in [0.4, 0.5) is 5.69 Å².